The van der Waals surface area contributed by atoms with Crippen LogP contribution in [-0.2, 0) is 13.1 Å². The minimum Gasteiger partial charge on any atom is -0.475 e. The molecule has 0 amide bonds. The van der Waals surface area contributed by atoms with Crippen LogP contribution >= 0.6 is 0 Å². The summed E-state index contributed by atoms with van der Waals surface area (Å²) in [5, 5.41) is 3.39. The van der Waals surface area contributed by atoms with E-state index in [2.05, 4.69) is 29.4 Å². The first-order valence-corrected chi connectivity index (χ1v) is 8.02. The highest BCUT2D eigenvalue weighted by atomic mass is 16.5. The summed E-state index contributed by atoms with van der Waals surface area (Å²) in [6.07, 6.45) is 3.26. The molecule has 4 heteroatoms. The Labute approximate surface area is 131 Å². The number of hydrogen-bond acceptors (Lipinski definition) is 4. The van der Waals surface area contributed by atoms with E-state index in [9.17, 15) is 0 Å². The lowest BCUT2D eigenvalue weighted by molar-refractivity contribution is 0.232. The molecule has 1 aliphatic carbocycles. The molecule has 1 fully saturated rings. The van der Waals surface area contributed by atoms with Crippen molar-refractivity contribution in [2.75, 3.05) is 0 Å². The smallest absolute Gasteiger partial charge is 0.213 e. The van der Waals surface area contributed by atoms with Gasteiger partial charge in [-0.2, -0.15) is 0 Å². The Hall–Kier alpha value is -1.81. The third-order valence-corrected chi connectivity index (χ3v) is 3.94. The molecule has 3 rings (SSSR count). The minimum atomic E-state index is 0.152. The van der Waals surface area contributed by atoms with Gasteiger partial charge < -0.3 is 14.5 Å². The van der Waals surface area contributed by atoms with Crippen LogP contribution in [0.1, 0.15) is 50.2 Å². The van der Waals surface area contributed by atoms with E-state index in [1.165, 1.54) is 6.42 Å². The van der Waals surface area contributed by atoms with Crippen LogP contribution in [0.5, 0.6) is 5.88 Å². The number of rotatable bonds is 7. The first-order valence-electron chi connectivity index (χ1n) is 8.02. The van der Waals surface area contributed by atoms with E-state index < -0.39 is 0 Å². The third-order valence-electron chi connectivity index (χ3n) is 3.94. The molecule has 1 saturated carbocycles. The lowest BCUT2D eigenvalue weighted by atomic mass is 10.2. The Bertz CT molecular complexity index is 604. The molecule has 0 bridgehead atoms. The van der Waals surface area contributed by atoms with Gasteiger partial charge in [-0.05, 0) is 43.9 Å². The predicted octanol–water partition coefficient (Wildman–Crippen LogP) is 3.88. The van der Waals surface area contributed by atoms with Crippen molar-refractivity contribution < 1.29 is 9.15 Å². The molecule has 2 heterocycles. The summed E-state index contributed by atoms with van der Waals surface area (Å²) >= 11 is 0. The number of ether oxygens (including phenoxy) is 1. The normalized spacial score (nSPS) is 20.4. The lowest BCUT2D eigenvalue weighted by Gasteiger charge is -2.09. The van der Waals surface area contributed by atoms with E-state index in [0.29, 0.717) is 11.8 Å². The molecule has 0 aromatic carbocycles. The van der Waals surface area contributed by atoms with Gasteiger partial charge >= 0.3 is 0 Å². The molecule has 2 aromatic heterocycles. The topological polar surface area (TPSA) is 47.3 Å². The van der Waals surface area contributed by atoms with Crippen LogP contribution in [0.15, 0.2) is 34.9 Å². The van der Waals surface area contributed by atoms with Crippen molar-refractivity contribution in [2.24, 2.45) is 5.92 Å². The second kappa shape index (κ2) is 6.53. The number of nitrogens with zero attached hydrogens (tertiary/aromatic N) is 1. The highest BCUT2D eigenvalue weighted by Crippen LogP contribution is 2.47. The molecular weight excluding hydrogens is 276 g/mol. The van der Waals surface area contributed by atoms with Gasteiger partial charge in [0.05, 0.1) is 12.6 Å². The lowest BCUT2D eigenvalue weighted by Crippen LogP contribution is -2.12. The second-order valence-electron chi connectivity index (χ2n) is 6.40. The Morgan fingerprint density at radius 1 is 1.27 bits per heavy atom. The monoisotopic (exact) mass is 300 g/mol. The van der Waals surface area contributed by atoms with Crippen LogP contribution in [0, 0.1) is 5.92 Å². The summed E-state index contributed by atoms with van der Waals surface area (Å²) in [7, 11) is 0. The molecule has 1 N–H and O–H groups in total. The van der Waals surface area contributed by atoms with E-state index >= 15 is 0 Å². The fraction of sp³-hybridized carbons (Fsp3) is 0.500. The molecule has 2 unspecified atom stereocenters. The third kappa shape index (κ3) is 3.89. The first kappa shape index (κ1) is 15.1. The second-order valence-corrected chi connectivity index (χ2v) is 6.40. The average Bonchev–Trinajstić information content (AvgIpc) is 3.03. The Kier molecular flexibility index (Phi) is 4.48. The standard InChI is InChI=1S/C18H24N2O2/c1-12(2)21-18-7-4-14(10-20-18)9-19-11-15-5-6-17(22-15)16-8-13(16)3/h4-7,10,12-13,16,19H,8-9,11H2,1-3H3. The Morgan fingerprint density at radius 3 is 2.73 bits per heavy atom. The molecule has 2 atom stereocenters. The van der Waals surface area contributed by atoms with Gasteiger partial charge in [0, 0.05) is 24.7 Å². The van der Waals surface area contributed by atoms with Crippen LogP contribution in [0.4, 0.5) is 0 Å². The van der Waals surface area contributed by atoms with Gasteiger partial charge in [0.15, 0.2) is 0 Å². The number of furan rings is 1. The van der Waals surface area contributed by atoms with E-state index in [4.69, 9.17) is 9.15 Å². The molecular formula is C18H24N2O2. The average molecular weight is 300 g/mol. The number of pyridine rings is 1. The van der Waals surface area contributed by atoms with E-state index in [0.717, 1.165) is 36.1 Å². The molecule has 22 heavy (non-hydrogen) atoms. The summed E-state index contributed by atoms with van der Waals surface area (Å²) in [5.41, 5.74) is 1.14. The molecule has 4 nitrogen and oxygen atoms in total. The molecule has 2 aromatic rings. The van der Waals surface area contributed by atoms with E-state index in [-0.39, 0.29) is 6.10 Å². The van der Waals surface area contributed by atoms with Crippen LogP contribution in [0.2, 0.25) is 0 Å². The number of aromatic nitrogens is 1. The first-order chi connectivity index (χ1) is 10.6. The van der Waals surface area contributed by atoms with Crippen LogP contribution in [-0.4, -0.2) is 11.1 Å². The molecule has 0 radical (unpaired) electrons. The van der Waals surface area contributed by atoms with Gasteiger partial charge in [-0.15, -0.1) is 0 Å². The molecule has 0 saturated heterocycles. The van der Waals surface area contributed by atoms with Crippen molar-refractivity contribution in [3.63, 3.8) is 0 Å². The quantitative estimate of drug-likeness (QED) is 0.843. The largest absolute Gasteiger partial charge is 0.475 e. The summed E-state index contributed by atoms with van der Waals surface area (Å²) in [6.45, 7) is 7.77. The van der Waals surface area contributed by atoms with Crippen molar-refractivity contribution in [3.05, 3.63) is 47.5 Å². The highest BCUT2D eigenvalue weighted by molar-refractivity contribution is 5.19. The number of nitrogens with one attached hydrogen (secondary N) is 1. The van der Waals surface area contributed by atoms with Crippen LogP contribution < -0.4 is 10.1 Å². The maximum atomic E-state index is 5.88. The van der Waals surface area contributed by atoms with Gasteiger partial charge in [-0.1, -0.05) is 13.0 Å². The van der Waals surface area contributed by atoms with Gasteiger partial charge in [-0.3, -0.25) is 0 Å². The van der Waals surface area contributed by atoms with E-state index in [1.54, 1.807) is 0 Å². The van der Waals surface area contributed by atoms with Crippen molar-refractivity contribution >= 4 is 0 Å². The van der Waals surface area contributed by atoms with Crippen molar-refractivity contribution in [1.82, 2.24) is 10.3 Å². The Balaban J connectivity index is 1.45. The summed E-state index contributed by atoms with van der Waals surface area (Å²) in [4.78, 5) is 4.30. The summed E-state index contributed by atoms with van der Waals surface area (Å²) in [5.74, 6) is 4.24. The summed E-state index contributed by atoms with van der Waals surface area (Å²) < 4.78 is 11.4. The summed E-state index contributed by atoms with van der Waals surface area (Å²) in [6, 6.07) is 8.14. The molecule has 1 aliphatic rings. The maximum absolute atomic E-state index is 5.88. The number of hydrogen-bond donors (Lipinski definition) is 1. The molecule has 0 spiro atoms. The predicted molar refractivity (Wildman–Crippen MR) is 85.8 cm³/mol. The zero-order valence-electron chi connectivity index (χ0n) is 13.5. The van der Waals surface area contributed by atoms with Crippen LogP contribution in [0.25, 0.3) is 0 Å². The molecule has 118 valence electrons. The van der Waals surface area contributed by atoms with Gasteiger partial charge in [-0.25, -0.2) is 4.98 Å². The van der Waals surface area contributed by atoms with Crippen LogP contribution in [0.3, 0.4) is 0 Å². The van der Waals surface area contributed by atoms with E-state index in [1.807, 2.05) is 32.2 Å². The van der Waals surface area contributed by atoms with Crippen molar-refractivity contribution in [3.8, 4) is 5.88 Å². The van der Waals surface area contributed by atoms with Gasteiger partial charge in [0.2, 0.25) is 5.88 Å². The van der Waals surface area contributed by atoms with Gasteiger partial charge in [0.25, 0.3) is 0 Å². The van der Waals surface area contributed by atoms with Crippen molar-refractivity contribution in [1.29, 1.82) is 0 Å². The fourth-order valence-electron chi connectivity index (χ4n) is 2.56. The zero-order chi connectivity index (χ0) is 15.5. The molecule has 0 aliphatic heterocycles. The van der Waals surface area contributed by atoms with Crippen molar-refractivity contribution in [2.45, 2.75) is 52.3 Å². The maximum Gasteiger partial charge on any atom is 0.213 e. The minimum absolute atomic E-state index is 0.152. The SMILES string of the molecule is CC(C)Oc1ccc(CNCc2ccc(C3CC3C)o2)cn1. The highest BCUT2D eigenvalue weighted by Gasteiger charge is 2.36. The zero-order valence-corrected chi connectivity index (χ0v) is 13.5. The van der Waals surface area contributed by atoms with Gasteiger partial charge in [0.1, 0.15) is 11.5 Å². The Morgan fingerprint density at radius 2 is 2.09 bits per heavy atom. The fourth-order valence-corrected chi connectivity index (χ4v) is 2.56.